The molecule has 33 heavy (non-hydrogen) atoms. The van der Waals surface area contributed by atoms with E-state index in [0.717, 1.165) is 38.4 Å². The molecule has 0 bridgehead atoms. The van der Waals surface area contributed by atoms with E-state index in [9.17, 15) is 4.79 Å². The molecule has 0 unspecified atom stereocenters. The number of aliphatic imine (C=N–C) groups is 1. The van der Waals surface area contributed by atoms with Gasteiger partial charge in [-0.25, -0.2) is 0 Å². The molecule has 166 valence electrons. The molecular weight excluding hydrogens is 434 g/mol. The van der Waals surface area contributed by atoms with E-state index < -0.39 is 5.91 Å². The summed E-state index contributed by atoms with van der Waals surface area (Å²) in [6.45, 7) is 7.09. The van der Waals surface area contributed by atoms with Gasteiger partial charge in [0, 0.05) is 22.7 Å². The Hall–Kier alpha value is -3.65. The summed E-state index contributed by atoms with van der Waals surface area (Å²) in [6, 6.07) is 14.2. The maximum Gasteiger partial charge on any atom is 0.283 e. The lowest BCUT2D eigenvalue weighted by molar-refractivity contribution is -0.114. The third kappa shape index (κ3) is 3.98. The number of nitrogens with zero attached hydrogens (tertiary/aromatic N) is 4. The maximum atomic E-state index is 12.7. The van der Waals surface area contributed by atoms with E-state index in [1.54, 1.807) is 6.08 Å². The van der Waals surface area contributed by atoms with Crippen LogP contribution in [0.25, 0.3) is 17.0 Å². The summed E-state index contributed by atoms with van der Waals surface area (Å²) in [4.78, 5) is 16.8. The molecule has 0 radical (unpaired) electrons. The highest BCUT2D eigenvalue weighted by Crippen LogP contribution is 2.30. The van der Waals surface area contributed by atoms with Crippen molar-refractivity contribution in [3.8, 4) is 5.75 Å². The Morgan fingerprint density at radius 1 is 1.15 bits per heavy atom. The quantitative estimate of drug-likeness (QED) is 0.548. The molecule has 2 aliphatic heterocycles. The molecule has 2 aliphatic rings. The molecule has 0 aliphatic carbocycles. The largest absolute Gasteiger partial charge is 0.491 e. The van der Waals surface area contributed by atoms with E-state index in [1.807, 2.05) is 44.3 Å². The summed E-state index contributed by atoms with van der Waals surface area (Å²) >= 11 is 1.30. The summed E-state index contributed by atoms with van der Waals surface area (Å²) in [5.41, 5.74) is 4.40. The molecule has 0 saturated heterocycles. The highest BCUT2D eigenvalue weighted by Gasteiger charge is 2.34. The van der Waals surface area contributed by atoms with Crippen LogP contribution in [0.15, 0.2) is 64.3 Å². The van der Waals surface area contributed by atoms with Crippen LogP contribution in [0.3, 0.4) is 0 Å². The molecule has 0 spiro atoms. The number of amidine groups is 2. The number of rotatable bonds is 5. The third-order valence-corrected chi connectivity index (χ3v) is 6.43. The Morgan fingerprint density at radius 2 is 1.97 bits per heavy atom. The first-order chi connectivity index (χ1) is 15.9. The number of hydrazone groups is 1. The summed E-state index contributed by atoms with van der Waals surface area (Å²) in [5.74, 6) is 0.520. The number of hydrogen-bond acceptors (Lipinski definition) is 5. The van der Waals surface area contributed by atoms with Gasteiger partial charge in [-0.2, -0.15) is 15.1 Å². The number of para-hydroxylation sites is 1. The van der Waals surface area contributed by atoms with Crippen LogP contribution in [-0.4, -0.2) is 38.1 Å². The topological polar surface area (TPSA) is 83.0 Å². The molecule has 5 rings (SSSR count). The molecule has 0 saturated carbocycles. The molecule has 2 aromatic carbocycles. The van der Waals surface area contributed by atoms with E-state index in [1.165, 1.54) is 16.8 Å². The minimum Gasteiger partial charge on any atom is -0.491 e. The standard InChI is InChI=1S/C25H23N5O2S/c1-15-8-9-16(2)22(12-15)32-11-10-29-14-18(19-6-4-5-7-21(19)29)13-20-23(26)30-25(27-24(20)31)33-17(3)28-30/h4-9,12-14,26H,10-11H2,1-3H3/b20-13-,26-23?. The van der Waals surface area contributed by atoms with E-state index >= 15 is 0 Å². The molecule has 0 fully saturated rings. The van der Waals surface area contributed by atoms with Crippen molar-refractivity contribution < 1.29 is 9.53 Å². The van der Waals surface area contributed by atoms with Crippen molar-refractivity contribution in [1.29, 1.82) is 5.41 Å². The number of ether oxygens (including phenoxy) is 1. The highest BCUT2D eigenvalue weighted by atomic mass is 32.2. The fourth-order valence-corrected chi connectivity index (χ4v) is 4.67. The zero-order valence-electron chi connectivity index (χ0n) is 18.6. The van der Waals surface area contributed by atoms with Crippen LogP contribution in [-0.2, 0) is 11.3 Å². The number of carbonyl (C=O) groups excluding carboxylic acids is 1. The minimum absolute atomic E-state index is 0.0458. The monoisotopic (exact) mass is 457 g/mol. The van der Waals surface area contributed by atoms with E-state index in [0.29, 0.717) is 18.3 Å². The first kappa shape index (κ1) is 21.2. The smallest absolute Gasteiger partial charge is 0.283 e. The molecule has 1 amide bonds. The summed E-state index contributed by atoms with van der Waals surface area (Å²) < 4.78 is 8.17. The number of aromatic nitrogens is 1. The van der Waals surface area contributed by atoms with Gasteiger partial charge in [-0.1, -0.05) is 30.3 Å². The molecule has 1 N–H and O–H groups in total. The third-order valence-electron chi connectivity index (χ3n) is 5.61. The van der Waals surface area contributed by atoms with E-state index in [-0.39, 0.29) is 11.4 Å². The second-order valence-electron chi connectivity index (χ2n) is 8.05. The predicted molar refractivity (Wildman–Crippen MR) is 134 cm³/mol. The van der Waals surface area contributed by atoms with Gasteiger partial charge in [0.25, 0.3) is 5.91 Å². The van der Waals surface area contributed by atoms with Gasteiger partial charge < -0.3 is 9.30 Å². The lowest BCUT2D eigenvalue weighted by Crippen LogP contribution is -2.35. The van der Waals surface area contributed by atoms with Crippen molar-refractivity contribution in [3.05, 3.63) is 70.9 Å². The van der Waals surface area contributed by atoms with Crippen molar-refractivity contribution in [2.45, 2.75) is 27.3 Å². The molecule has 1 aromatic heterocycles. The van der Waals surface area contributed by atoms with Crippen molar-refractivity contribution in [2.24, 2.45) is 10.1 Å². The summed E-state index contributed by atoms with van der Waals surface area (Å²) in [5, 5.41) is 16.4. The van der Waals surface area contributed by atoms with Crippen LogP contribution in [0.2, 0.25) is 0 Å². The number of aryl methyl sites for hydroxylation is 2. The van der Waals surface area contributed by atoms with Gasteiger partial charge in [0.1, 0.15) is 12.4 Å². The van der Waals surface area contributed by atoms with Gasteiger partial charge in [0.15, 0.2) is 5.84 Å². The fraction of sp³-hybridized carbons (Fsp3) is 0.200. The minimum atomic E-state index is -0.418. The number of carbonyl (C=O) groups is 1. The average Bonchev–Trinajstić information content (AvgIpc) is 3.33. The molecule has 8 heteroatoms. The summed E-state index contributed by atoms with van der Waals surface area (Å²) in [6.07, 6.45) is 3.74. The Balaban J connectivity index is 1.44. The zero-order chi connectivity index (χ0) is 23.1. The van der Waals surface area contributed by atoms with E-state index in [2.05, 4.69) is 39.8 Å². The van der Waals surface area contributed by atoms with Crippen LogP contribution in [0.4, 0.5) is 0 Å². The van der Waals surface area contributed by atoms with Gasteiger partial charge in [-0.3, -0.25) is 10.2 Å². The first-order valence-corrected chi connectivity index (χ1v) is 11.5. The number of benzene rings is 2. The van der Waals surface area contributed by atoms with Crippen LogP contribution < -0.4 is 4.74 Å². The maximum absolute atomic E-state index is 12.7. The van der Waals surface area contributed by atoms with Crippen LogP contribution >= 0.6 is 11.8 Å². The van der Waals surface area contributed by atoms with Crippen molar-refractivity contribution in [3.63, 3.8) is 0 Å². The SMILES string of the molecule is CC1=NN2C(=N)/C(=C/c3cn(CCOc4cc(C)ccc4C)c4ccccc34)C(=O)N=C2S1. The normalized spacial score (nSPS) is 16.9. The molecule has 7 nitrogen and oxygen atoms in total. The van der Waals surface area contributed by atoms with E-state index in [4.69, 9.17) is 10.1 Å². The highest BCUT2D eigenvalue weighted by molar-refractivity contribution is 8.26. The second kappa shape index (κ2) is 8.37. The Bertz CT molecular complexity index is 1400. The van der Waals surface area contributed by atoms with Gasteiger partial charge in [0.2, 0.25) is 5.17 Å². The lowest BCUT2D eigenvalue weighted by Gasteiger charge is -2.20. The van der Waals surface area contributed by atoms with Crippen LogP contribution in [0.5, 0.6) is 5.75 Å². The van der Waals surface area contributed by atoms with Gasteiger partial charge in [-0.05, 0) is 61.9 Å². The second-order valence-corrected chi connectivity index (χ2v) is 9.21. The summed E-state index contributed by atoms with van der Waals surface area (Å²) in [7, 11) is 0. The van der Waals surface area contributed by atoms with Crippen molar-refractivity contribution in [2.75, 3.05) is 6.61 Å². The Labute approximate surface area is 196 Å². The van der Waals surface area contributed by atoms with Crippen molar-refractivity contribution in [1.82, 2.24) is 9.58 Å². The van der Waals surface area contributed by atoms with Crippen LogP contribution in [0.1, 0.15) is 23.6 Å². The Morgan fingerprint density at radius 3 is 2.82 bits per heavy atom. The fourth-order valence-electron chi connectivity index (χ4n) is 3.94. The molecule has 0 atom stereocenters. The number of hydrogen-bond donors (Lipinski definition) is 1. The zero-order valence-corrected chi connectivity index (χ0v) is 19.4. The number of fused-ring (bicyclic) bond motifs is 2. The predicted octanol–water partition coefficient (Wildman–Crippen LogP) is 4.98. The molecule has 3 aromatic rings. The average molecular weight is 458 g/mol. The van der Waals surface area contributed by atoms with Crippen molar-refractivity contribution >= 4 is 50.7 Å². The van der Waals surface area contributed by atoms with Gasteiger partial charge in [0.05, 0.1) is 17.2 Å². The first-order valence-electron chi connectivity index (χ1n) is 10.7. The van der Waals surface area contributed by atoms with Crippen LogP contribution in [0, 0.1) is 19.3 Å². The lowest BCUT2D eigenvalue weighted by atomic mass is 10.1. The molecule has 3 heterocycles. The number of amides is 1. The molecular formula is C25H23N5O2S. The Kier molecular flexibility index (Phi) is 5.38. The number of thioether (sulfide) groups is 1. The van der Waals surface area contributed by atoms with Gasteiger partial charge >= 0.3 is 0 Å². The van der Waals surface area contributed by atoms with Gasteiger partial charge in [-0.15, -0.1) is 0 Å². The number of nitrogens with one attached hydrogen (secondary N) is 1.